The molecule has 0 saturated carbocycles. The van der Waals surface area contributed by atoms with Gasteiger partial charge in [0.05, 0.1) is 23.9 Å². The molecule has 130 valence electrons. The van der Waals surface area contributed by atoms with Gasteiger partial charge in [0.1, 0.15) is 11.8 Å². The minimum Gasteiger partial charge on any atom is -0.494 e. The molecule has 0 aliphatic carbocycles. The summed E-state index contributed by atoms with van der Waals surface area (Å²) in [5.41, 5.74) is 2.79. The van der Waals surface area contributed by atoms with Crippen molar-refractivity contribution in [3.05, 3.63) is 58.6 Å². The van der Waals surface area contributed by atoms with E-state index < -0.39 is 0 Å². The molecule has 0 aromatic heterocycles. The van der Waals surface area contributed by atoms with E-state index in [0.717, 1.165) is 42.5 Å². The lowest BCUT2D eigenvalue weighted by Gasteiger charge is -2.38. The van der Waals surface area contributed by atoms with Crippen molar-refractivity contribution in [1.29, 1.82) is 5.26 Å². The van der Waals surface area contributed by atoms with Crippen molar-refractivity contribution < 1.29 is 4.74 Å². The second kappa shape index (κ2) is 8.24. The third kappa shape index (κ3) is 4.07. The van der Waals surface area contributed by atoms with Gasteiger partial charge in [0.15, 0.2) is 0 Å². The molecule has 0 amide bonds. The fourth-order valence-electron chi connectivity index (χ4n) is 3.14. The van der Waals surface area contributed by atoms with Crippen LogP contribution in [0, 0.1) is 11.3 Å². The van der Waals surface area contributed by atoms with E-state index >= 15 is 0 Å². The summed E-state index contributed by atoms with van der Waals surface area (Å²) >= 11 is 6.02. The van der Waals surface area contributed by atoms with Crippen LogP contribution in [-0.4, -0.2) is 26.2 Å². The summed E-state index contributed by atoms with van der Waals surface area (Å²) in [6.45, 7) is 5.29. The molecule has 5 heteroatoms. The molecular weight excluding hydrogens is 334 g/mol. The smallest absolute Gasteiger partial charge is 0.120 e. The first-order valence-corrected chi connectivity index (χ1v) is 9.00. The lowest BCUT2D eigenvalue weighted by atomic mass is 10.0. The molecule has 1 aliphatic heterocycles. The van der Waals surface area contributed by atoms with E-state index in [-0.39, 0.29) is 6.04 Å². The second-order valence-electron chi connectivity index (χ2n) is 6.10. The van der Waals surface area contributed by atoms with Crippen molar-refractivity contribution in [2.45, 2.75) is 19.4 Å². The van der Waals surface area contributed by atoms with Crippen molar-refractivity contribution >= 4 is 17.3 Å². The van der Waals surface area contributed by atoms with E-state index in [1.165, 1.54) is 5.56 Å². The third-order valence-corrected chi connectivity index (χ3v) is 4.62. The lowest BCUT2D eigenvalue weighted by Crippen LogP contribution is -2.46. The van der Waals surface area contributed by atoms with E-state index in [0.29, 0.717) is 12.2 Å². The van der Waals surface area contributed by atoms with Crippen LogP contribution in [0.25, 0.3) is 0 Å². The number of nitrogens with zero attached hydrogens (tertiary/aromatic N) is 2. The Bertz CT molecular complexity index is 755. The van der Waals surface area contributed by atoms with Gasteiger partial charge in [0, 0.05) is 24.7 Å². The fraction of sp³-hybridized carbons (Fsp3) is 0.350. The van der Waals surface area contributed by atoms with E-state index in [9.17, 15) is 5.26 Å². The summed E-state index contributed by atoms with van der Waals surface area (Å²) in [5, 5.41) is 13.8. The third-order valence-electron chi connectivity index (χ3n) is 4.37. The van der Waals surface area contributed by atoms with E-state index in [2.05, 4.69) is 35.3 Å². The minimum atomic E-state index is 0.167. The maximum Gasteiger partial charge on any atom is 0.120 e. The molecule has 0 spiro atoms. The van der Waals surface area contributed by atoms with Crippen LogP contribution in [0.1, 0.15) is 30.5 Å². The van der Waals surface area contributed by atoms with Gasteiger partial charge in [-0.15, -0.1) is 0 Å². The molecule has 0 bridgehead atoms. The number of hydrogen-bond acceptors (Lipinski definition) is 4. The molecule has 25 heavy (non-hydrogen) atoms. The van der Waals surface area contributed by atoms with E-state index in [4.69, 9.17) is 16.3 Å². The van der Waals surface area contributed by atoms with Crippen LogP contribution >= 0.6 is 11.6 Å². The van der Waals surface area contributed by atoms with Crippen molar-refractivity contribution in [1.82, 2.24) is 5.32 Å². The molecule has 3 rings (SSSR count). The Balaban J connectivity index is 1.92. The van der Waals surface area contributed by atoms with E-state index in [1.54, 1.807) is 0 Å². The monoisotopic (exact) mass is 355 g/mol. The molecule has 0 radical (unpaired) electrons. The number of rotatable bonds is 5. The summed E-state index contributed by atoms with van der Waals surface area (Å²) in [4.78, 5) is 2.29. The van der Waals surface area contributed by atoms with Crippen LogP contribution in [0.2, 0.25) is 5.02 Å². The topological polar surface area (TPSA) is 48.3 Å². The van der Waals surface area contributed by atoms with Gasteiger partial charge in [-0.2, -0.15) is 5.26 Å². The first-order chi connectivity index (χ1) is 12.2. The number of piperazine rings is 1. The van der Waals surface area contributed by atoms with Gasteiger partial charge < -0.3 is 15.0 Å². The highest BCUT2D eigenvalue weighted by molar-refractivity contribution is 6.30. The summed E-state index contributed by atoms with van der Waals surface area (Å²) in [5.74, 6) is 0.750. The Morgan fingerprint density at radius 3 is 2.80 bits per heavy atom. The normalized spacial score (nSPS) is 17.2. The average molecular weight is 356 g/mol. The number of nitrogens with one attached hydrogen (secondary N) is 1. The average Bonchev–Trinajstić information content (AvgIpc) is 2.67. The van der Waals surface area contributed by atoms with Gasteiger partial charge in [0.25, 0.3) is 0 Å². The SMILES string of the molecule is CCCOc1ccc(N2CCNC[C@H]2c2ccc(Cl)cc2)c(C#N)c1. The van der Waals surface area contributed by atoms with Gasteiger partial charge in [-0.3, -0.25) is 0 Å². The van der Waals surface area contributed by atoms with Crippen LogP contribution < -0.4 is 15.0 Å². The molecule has 2 aromatic carbocycles. The van der Waals surface area contributed by atoms with Gasteiger partial charge in [-0.1, -0.05) is 30.7 Å². The summed E-state index contributed by atoms with van der Waals surface area (Å²) in [7, 11) is 0. The Morgan fingerprint density at radius 2 is 2.08 bits per heavy atom. The summed E-state index contributed by atoms with van der Waals surface area (Å²) in [6.07, 6.45) is 0.945. The number of benzene rings is 2. The number of hydrogen-bond donors (Lipinski definition) is 1. The quantitative estimate of drug-likeness (QED) is 0.875. The molecular formula is C20H22ClN3O. The highest BCUT2D eigenvalue weighted by Crippen LogP contribution is 2.33. The Morgan fingerprint density at radius 1 is 1.28 bits per heavy atom. The van der Waals surface area contributed by atoms with Crippen molar-refractivity contribution in [3.63, 3.8) is 0 Å². The van der Waals surface area contributed by atoms with Crippen LogP contribution in [0.15, 0.2) is 42.5 Å². The summed E-state index contributed by atoms with van der Waals surface area (Å²) in [6, 6.07) is 16.2. The lowest BCUT2D eigenvalue weighted by molar-refractivity contribution is 0.317. The molecule has 1 saturated heterocycles. The van der Waals surface area contributed by atoms with Gasteiger partial charge in [-0.05, 0) is 42.3 Å². The number of nitriles is 1. The van der Waals surface area contributed by atoms with Crippen LogP contribution in [0.5, 0.6) is 5.75 Å². The summed E-state index contributed by atoms with van der Waals surface area (Å²) < 4.78 is 5.67. The minimum absolute atomic E-state index is 0.167. The van der Waals surface area contributed by atoms with Crippen molar-refractivity contribution in [2.75, 3.05) is 31.1 Å². The van der Waals surface area contributed by atoms with E-state index in [1.807, 2.05) is 30.3 Å². The zero-order valence-electron chi connectivity index (χ0n) is 14.3. The van der Waals surface area contributed by atoms with Crippen molar-refractivity contribution in [2.24, 2.45) is 0 Å². The fourth-order valence-corrected chi connectivity index (χ4v) is 3.27. The van der Waals surface area contributed by atoms with Crippen LogP contribution in [-0.2, 0) is 0 Å². The van der Waals surface area contributed by atoms with Crippen LogP contribution in [0.3, 0.4) is 0 Å². The zero-order valence-corrected chi connectivity index (χ0v) is 15.1. The zero-order chi connectivity index (χ0) is 17.6. The molecule has 1 heterocycles. The second-order valence-corrected chi connectivity index (χ2v) is 6.54. The van der Waals surface area contributed by atoms with Crippen molar-refractivity contribution in [3.8, 4) is 11.8 Å². The van der Waals surface area contributed by atoms with Gasteiger partial charge >= 0.3 is 0 Å². The molecule has 4 nitrogen and oxygen atoms in total. The van der Waals surface area contributed by atoms with Gasteiger partial charge in [-0.25, -0.2) is 0 Å². The molecule has 1 N–H and O–H groups in total. The molecule has 0 unspecified atom stereocenters. The molecule has 1 fully saturated rings. The maximum atomic E-state index is 9.63. The van der Waals surface area contributed by atoms with Gasteiger partial charge in [0.2, 0.25) is 0 Å². The standard InChI is InChI=1S/C20H22ClN3O/c1-2-11-25-18-7-8-19(16(12-18)13-22)24-10-9-23-14-20(24)15-3-5-17(21)6-4-15/h3-8,12,20,23H,2,9-11,14H2,1H3/t20-/m0/s1. The predicted molar refractivity (Wildman–Crippen MR) is 101 cm³/mol. The highest BCUT2D eigenvalue weighted by atomic mass is 35.5. The Hall–Kier alpha value is -2.22. The first-order valence-electron chi connectivity index (χ1n) is 8.62. The van der Waals surface area contributed by atoms with Crippen LogP contribution in [0.4, 0.5) is 5.69 Å². The number of ether oxygens (including phenoxy) is 1. The predicted octanol–water partition coefficient (Wildman–Crippen LogP) is 4.15. The molecule has 2 aromatic rings. The maximum absolute atomic E-state index is 9.63. The largest absolute Gasteiger partial charge is 0.494 e. The number of halogens is 1. The number of anilines is 1. The molecule has 1 atom stereocenters. The Kier molecular flexibility index (Phi) is 5.80. The Labute approximate surface area is 154 Å². The highest BCUT2D eigenvalue weighted by Gasteiger charge is 2.26. The molecule has 1 aliphatic rings. The first kappa shape index (κ1) is 17.6.